The zero-order valence-electron chi connectivity index (χ0n) is 14.9. The molecule has 0 atom stereocenters. The molecule has 0 radical (unpaired) electrons. The van der Waals surface area contributed by atoms with Crippen molar-refractivity contribution in [1.29, 1.82) is 0 Å². The molecule has 2 aromatic carbocycles. The maximum atomic E-state index is 12.0. The highest BCUT2D eigenvalue weighted by atomic mass is 16.5. The minimum atomic E-state index is 0.609. The lowest BCUT2D eigenvalue weighted by atomic mass is 9.96. The third-order valence-corrected chi connectivity index (χ3v) is 4.75. The molecular weight excluding hydrogens is 326 g/mol. The highest BCUT2D eigenvalue weighted by Gasteiger charge is 2.20. The molecule has 2 aromatic heterocycles. The van der Waals surface area contributed by atoms with Gasteiger partial charge in [-0.05, 0) is 30.0 Å². The zero-order chi connectivity index (χ0) is 18.3. The summed E-state index contributed by atoms with van der Waals surface area (Å²) in [5.41, 5.74) is 4.41. The highest BCUT2D eigenvalue weighted by Crippen LogP contribution is 2.43. The second-order valence-electron chi connectivity index (χ2n) is 6.26. The Hall–Kier alpha value is -3.27. The van der Waals surface area contributed by atoms with Gasteiger partial charge >= 0.3 is 0 Å². The lowest BCUT2D eigenvalue weighted by Gasteiger charge is -2.15. The van der Waals surface area contributed by atoms with Gasteiger partial charge in [-0.3, -0.25) is 4.79 Å². The van der Waals surface area contributed by atoms with Gasteiger partial charge < -0.3 is 13.9 Å². The fourth-order valence-corrected chi connectivity index (χ4v) is 3.54. The first-order valence-electron chi connectivity index (χ1n) is 8.39. The molecule has 0 aliphatic carbocycles. The van der Waals surface area contributed by atoms with Crippen LogP contribution in [-0.2, 0) is 0 Å². The molecule has 0 unspecified atom stereocenters. The number of hydrogen-bond donors (Lipinski definition) is 0. The van der Waals surface area contributed by atoms with E-state index in [2.05, 4.69) is 0 Å². The van der Waals surface area contributed by atoms with Crippen LogP contribution < -0.4 is 9.47 Å². The van der Waals surface area contributed by atoms with Gasteiger partial charge in [-0.15, -0.1) is 0 Å². The topological polar surface area (TPSA) is 39.9 Å². The highest BCUT2D eigenvalue weighted by molar-refractivity contribution is 6.06. The molecular formula is C22H19NO3. The SMILES string of the molecule is COc1cc(OC)c2ccccc2c1-c1cc2ccc(C)cn2c1C=O. The Labute approximate surface area is 151 Å². The molecule has 0 spiro atoms. The van der Waals surface area contributed by atoms with Crippen LogP contribution in [0, 0.1) is 6.92 Å². The number of rotatable bonds is 4. The van der Waals surface area contributed by atoms with Gasteiger partial charge in [0.1, 0.15) is 11.5 Å². The molecule has 0 fully saturated rings. The van der Waals surface area contributed by atoms with Crippen molar-refractivity contribution < 1.29 is 14.3 Å². The molecule has 130 valence electrons. The quantitative estimate of drug-likeness (QED) is 0.494. The molecule has 0 saturated carbocycles. The summed E-state index contributed by atoms with van der Waals surface area (Å²) >= 11 is 0. The Bertz CT molecular complexity index is 1140. The number of benzene rings is 2. The number of aryl methyl sites for hydroxylation is 1. The Balaban J connectivity index is 2.15. The van der Waals surface area contributed by atoms with Gasteiger partial charge in [-0.2, -0.15) is 0 Å². The molecule has 4 heteroatoms. The fourth-order valence-electron chi connectivity index (χ4n) is 3.54. The Morgan fingerprint density at radius 2 is 1.65 bits per heavy atom. The maximum Gasteiger partial charge on any atom is 0.167 e. The summed E-state index contributed by atoms with van der Waals surface area (Å²) in [5, 5.41) is 1.97. The average molecular weight is 345 g/mol. The molecule has 26 heavy (non-hydrogen) atoms. The summed E-state index contributed by atoms with van der Waals surface area (Å²) in [6.45, 7) is 2.01. The van der Waals surface area contributed by atoms with Gasteiger partial charge in [0, 0.05) is 34.3 Å². The van der Waals surface area contributed by atoms with Crippen molar-refractivity contribution in [2.75, 3.05) is 14.2 Å². The fraction of sp³-hybridized carbons (Fsp3) is 0.136. The molecule has 2 heterocycles. The van der Waals surface area contributed by atoms with Crippen molar-refractivity contribution in [3.05, 3.63) is 66.0 Å². The van der Waals surface area contributed by atoms with Crippen molar-refractivity contribution >= 4 is 22.6 Å². The summed E-state index contributed by atoms with van der Waals surface area (Å²) < 4.78 is 13.1. The van der Waals surface area contributed by atoms with Gasteiger partial charge in [0.2, 0.25) is 0 Å². The van der Waals surface area contributed by atoms with Gasteiger partial charge in [0.15, 0.2) is 6.29 Å². The number of aromatic nitrogens is 1. The summed E-state index contributed by atoms with van der Waals surface area (Å²) in [6, 6.07) is 15.9. The molecule has 0 aliphatic rings. The Morgan fingerprint density at radius 1 is 0.923 bits per heavy atom. The van der Waals surface area contributed by atoms with Gasteiger partial charge in [0.05, 0.1) is 19.9 Å². The first-order valence-corrected chi connectivity index (χ1v) is 8.39. The van der Waals surface area contributed by atoms with Crippen molar-refractivity contribution in [2.24, 2.45) is 0 Å². The van der Waals surface area contributed by atoms with Gasteiger partial charge in [-0.1, -0.05) is 30.3 Å². The molecule has 0 amide bonds. The summed E-state index contributed by atoms with van der Waals surface area (Å²) in [4.78, 5) is 12.0. The van der Waals surface area contributed by atoms with Crippen LogP contribution in [0.15, 0.2) is 54.7 Å². The lowest BCUT2D eigenvalue weighted by molar-refractivity contribution is 0.111. The van der Waals surface area contributed by atoms with Crippen LogP contribution in [0.1, 0.15) is 16.1 Å². The third-order valence-electron chi connectivity index (χ3n) is 4.75. The molecule has 4 aromatic rings. The zero-order valence-corrected chi connectivity index (χ0v) is 14.9. The van der Waals surface area contributed by atoms with Crippen molar-refractivity contribution in [3.8, 4) is 22.6 Å². The van der Waals surface area contributed by atoms with E-state index in [1.807, 2.05) is 66.1 Å². The average Bonchev–Trinajstić information content (AvgIpc) is 3.03. The molecule has 4 rings (SSSR count). The molecule has 0 saturated heterocycles. The van der Waals surface area contributed by atoms with Crippen LogP contribution >= 0.6 is 0 Å². The van der Waals surface area contributed by atoms with Crippen LogP contribution in [-0.4, -0.2) is 24.9 Å². The standard InChI is InChI=1S/C22H19NO3/c1-14-8-9-15-10-18(19(13-24)23(15)12-14)22-17-7-5-4-6-16(17)20(25-2)11-21(22)26-3/h4-13H,1-3H3. The minimum Gasteiger partial charge on any atom is -0.496 e. The molecule has 0 bridgehead atoms. The number of ether oxygens (including phenoxy) is 2. The number of aldehydes is 1. The summed E-state index contributed by atoms with van der Waals surface area (Å²) in [6.07, 6.45) is 2.88. The minimum absolute atomic E-state index is 0.609. The predicted octanol–water partition coefficient (Wildman–Crippen LogP) is 4.90. The lowest BCUT2D eigenvalue weighted by Crippen LogP contribution is -1.96. The van der Waals surface area contributed by atoms with E-state index in [9.17, 15) is 4.79 Å². The summed E-state index contributed by atoms with van der Waals surface area (Å²) in [5.74, 6) is 1.42. The monoisotopic (exact) mass is 345 g/mol. The maximum absolute atomic E-state index is 12.0. The largest absolute Gasteiger partial charge is 0.496 e. The molecule has 0 N–H and O–H groups in total. The number of pyridine rings is 1. The third kappa shape index (κ3) is 2.34. The molecule has 0 aliphatic heterocycles. The summed E-state index contributed by atoms with van der Waals surface area (Å²) in [7, 11) is 3.28. The number of nitrogens with zero attached hydrogens (tertiary/aromatic N) is 1. The first-order chi connectivity index (χ1) is 12.7. The van der Waals surface area contributed by atoms with E-state index in [4.69, 9.17) is 9.47 Å². The predicted molar refractivity (Wildman–Crippen MR) is 104 cm³/mol. The Morgan fingerprint density at radius 3 is 2.35 bits per heavy atom. The van der Waals surface area contributed by atoms with E-state index < -0.39 is 0 Å². The van der Waals surface area contributed by atoms with E-state index in [-0.39, 0.29) is 0 Å². The normalized spacial score (nSPS) is 11.0. The first kappa shape index (κ1) is 16.2. The Kier molecular flexibility index (Phi) is 3.88. The van der Waals surface area contributed by atoms with Crippen LogP contribution in [0.3, 0.4) is 0 Å². The van der Waals surface area contributed by atoms with Crippen LogP contribution in [0.2, 0.25) is 0 Å². The molecule has 4 nitrogen and oxygen atoms in total. The second kappa shape index (κ2) is 6.23. The van der Waals surface area contributed by atoms with Crippen molar-refractivity contribution in [3.63, 3.8) is 0 Å². The van der Waals surface area contributed by atoms with E-state index in [0.717, 1.165) is 45.0 Å². The van der Waals surface area contributed by atoms with E-state index in [1.54, 1.807) is 14.2 Å². The van der Waals surface area contributed by atoms with E-state index in [0.29, 0.717) is 11.4 Å². The van der Waals surface area contributed by atoms with E-state index in [1.165, 1.54) is 0 Å². The van der Waals surface area contributed by atoms with Crippen LogP contribution in [0.25, 0.3) is 27.4 Å². The number of methoxy groups -OCH3 is 2. The van der Waals surface area contributed by atoms with Gasteiger partial charge in [0.25, 0.3) is 0 Å². The van der Waals surface area contributed by atoms with Gasteiger partial charge in [-0.25, -0.2) is 0 Å². The van der Waals surface area contributed by atoms with E-state index >= 15 is 0 Å². The van der Waals surface area contributed by atoms with Crippen LogP contribution in [0.4, 0.5) is 0 Å². The number of hydrogen-bond acceptors (Lipinski definition) is 3. The smallest absolute Gasteiger partial charge is 0.167 e. The second-order valence-corrected chi connectivity index (χ2v) is 6.26. The van der Waals surface area contributed by atoms with Crippen LogP contribution in [0.5, 0.6) is 11.5 Å². The number of carbonyl (C=O) groups is 1. The van der Waals surface area contributed by atoms with Crippen molar-refractivity contribution in [1.82, 2.24) is 4.40 Å². The number of fused-ring (bicyclic) bond motifs is 2. The number of carbonyl (C=O) groups excluding carboxylic acids is 1. The van der Waals surface area contributed by atoms with Crippen molar-refractivity contribution in [2.45, 2.75) is 6.92 Å².